The second-order valence-corrected chi connectivity index (χ2v) is 6.66. The van der Waals surface area contributed by atoms with E-state index in [1.54, 1.807) is 0 Å². The number of carbonyl (C=O) groups is 1. The molecule has 122 valence electrons. The Kier molecular flexibility index (Phi) is 6.01. The minimum atomic E-state index is -0.548. The summed E-state index contributed by atoms with van der Waals surface area (Å²) in [5.41, 5.74) is 6.47. The number of nitrogens with zero attached hydrogens (tertiary/aromatic N) is 1. The highest BCUT2D eigenvalue weighted by Gasteiger charge is 2.42. The summed E-state index contributed by atoms with van der Waals surface area (Å²) < 4.78 is 0. The molecule has 2 N–H and O–H groups in total. The maximum atomic E-state index is 12.5. The highest BCUT2D eigenvalue weighted by Crippen LogP contribution is 2.38. The van der Waals surface area contributed by atoms with Crippen molar-refractivity contribution in [3.63, 3.8) is 0 Å². The van der Waals surface area contributed by atoms with Crippen LogP contribution < -0.4 is 5.73 Å². The van der Waals surface area contributed by atoms with Crippen LogP contribution in [-0.2, 0) is 10.2 Å². The molecule has 0 radical (unpaired) electrons. The summed E-state index contributed by atoms with van der Waals surface area (Å²) in [6.45, 7) is 7.58. The molecule has 0 bridgehead atoms. The quantitative estimate of drug-likeness (QED) is 0.839. The number of amides is 1. The molecule has 2 unspecified atom stereocenters. The molecule has 1 heterocycles. The number of carbonyl (C=O) groups excluding carboxylic acids is 1. The van der Waals surface area contributed by atoms with Crippen LogP contribution in [-0.4, -0.2) is 30.4 Å². The summed E-state index contributed by atoms with van der Waals surface area (Å²) in [4.78, 5) is 15.0. The number of benzene rings is 1. The number of hydrogen-bond acceptors (Lipinski definition) is 2. The summed E-state index contributed by atoms with van der Waals surface area (Å²) in [5.74, 6) is 0.0715. The van der Waals surface area contributed by atoms with Crippen molar-refractivity contribution < 1.29 is 4.79 Å². The van der Waals surface area contributed by atoms with Gasteiger partial charge in [0.05, 0.1) is 5.41 Å². The molecule has 1 amide bonds. The molecular weight excluding hydrogens is 272 g/mol. The topological polar surface area (TPSA) is 46.3 Å². The summed E-state index contributed by atoms with van der Waals surface area (Å²) in [5, 5.41) is 0. The van der Waals surface area contributed by atoms with Crippen molar-refractivity contribution in [1.29, 1.82) is 0 Å². The zero-order chi connectivity index (χ0) is 16.0. The molecule has 0 spiro atoms. The van der Waals surface area contributed by atoms with Crippen LogP contribution in [0, 0.1) is 5.92 Å². The third-order valence-corrected chi connectivity index (χ3v) is 5.45. The second-order valence-electron chi connectivity index (χ2n) is 6.66. The molecule has 1 fully saturated rings. The van der Waals surface area contributed by atoms with Gasteiger partial charge in [-0.05, 0) is 50.4 Å². The van der Waals surface area contributed by atoms with Crippen LogP contribution >= 0.6 is 0 Å². The van der Waals surface area contributed by atoms with E-state index < -0.39 is 5.41 Å². The Bertz CT molecular complexity index is 468. The second kappa shape index (κ2) is 7.77. The van der Waals surface area contributed by atoms with E-state index in [0.29, 0.717) is 0 Å². The monoisotopic (exact) mass is 302 g/mol. The summed E-state index contributed by atoms with van der Waals surface area (Å²) in [6.07, 6.45) is 5.66. The van der Waals surface area contributed by atoms with Crippen LogP contribution in [0.25, 0.3) is 0 Å². The van der Waals surface area contributed by atoms with Crippen LogP contribution in [0.4, 0.5) is 0 Å². The SMILES string of the molecule is CCC(C)C(CCN1CCCCC1)(C(N)=O)c1ccccc1. The van der Waals surface area contributed by atoms with Gasteiger partial charge in [0.15, 0.2) is 0 Å². The molecule has 1 aromatic carbocycles. The van der Waals surface area contributed by atoms with Crippen LogP contribution in [0.2, 0.25) is 0 Å². The van der Waals surface area contributed by atoms with Crippen LogP contribution in [0.3, 0.4) is 0 Å². The van der Waals surface area contributed by atoms with Gasteiger partial charge >= 0.3 is 0 Å². The first kappa shape index (κ1) is 17.0. The molecule has 0 aromatic heterocycles. The first-order chi connectivity index (χ1) is 10.6. The van der Waals surface area contributed by atoms with E-state index in [1.807, 2.05) is 18.2 Å². The first-order valence-electron chi connectivity index (χ1n) is 8.69. The zero-order valence-electron chi connectivity index (χ0n) is 14.1. The Labute approximate surface area is 134 Å². The van der Waals surface area contributed by atoms with E-state index in [0.717, 1.165) is 38.0 Å². The first-order valence-corrected chi connectivity index (χ1v) is 8.69. The number of likely N-dealkylation sites (tertiary alicyclic amines) is 1. The maximum Gasteiger partial charge on any atom is 0.228 e. The normalized spacial score (nSPS) is 20.3. The molecule has 2 rings (SSSR count). The van der Waals surface area contributed by atoms with Crippen molar-refractivity contribution in [2.75, 3.05) is 19.6 Å². The molecule has 1 aromatic rings. The third-order valence-electron chi connectivity index (χ3n) is 5.45. The number of piperidine rings is 1. The van der Waals surface area contributed by atoms with Gasteiger partial charge in [-0.15, -0.1) is 0 Å². The predicted molar refractivity (Wildman–Crippen MR) is 91.7 cm³/mol. The summed E-state index contributed by atoms with van der Waals surface area (Å²) in [6, 6.07) is 10.1. The minimum absolute atomic E-state index is 0.176. The largest absolute Gasteiger partial charge is 0.369 e. The number of primary amides is 1. The van der Waals surface area contributed by atoms with E-state index in [1.165, 1.54) is 19.3 Å². The Hall–Kier alpha value is -1.35. The van der Waals surface area contributed by atoms with Crippen molar-refractivity contribution in [3.05, 3.63) is 35.9 Å². The van der Waals surface area contributed by atoms with Gasteiger partial charge in [0.2, 0.25) is 5.91 Å². The molecule has 0 aliphatic carbocycles. The van der Waals surface area contributed by atoms with Crippen molar-refractivity contribution in [1.82, 2.24) is 4.90 Å². The van der Waals surface area contributed by atoms with Gasteiger partial charge in [0.1, 0.15) is 0 Å². The Morgan fingerprint density at radius 1 is 1.23 bits per heavy atom. The Balaban J connectivity index is 2.25. The standard InChI is InChI=1S/C19H30N2O/c1-3-16(2)19(18(20)22,17-10-6-4-7-11-17)12-15-21-13-8-5-9-14-21/h4,6-7,10-11,16H,3,5,8-9,12-15H2,1-2H3,(H2,20,22). The van der Waals surface area contributed by atoms with Gasteiger partial charge in [0, 0.05) is 0 Å². The fourth-order valence-electron chi connectivity index (χ4n) is 3.79. The average Bonchev–Trinajstić information content (AvgIpc) is 2.56. The van der Waals surface area contributed by atoms with Crippen LogP contribution in [0.5, 0.6) is 0 Å². The van der Waals surface area contributed by atoms with Gasteiger partial charge in [-0.1, -0.05) is 57.0 Å². The lowest BCUT2D eigenvalue weighted by molar-refractivity contribution is -0.126. The average molecular weight is 302 g/mol. The molecule has 1 aliphatic rings. The van der Waals surface area contributed by atoms with Gasteiger partial charge < -0.3 is 10.6 Å². The van der Waals surface area contributed by atoms with Crippen molar-refractivity contribution >= 4 is 5.91 Å². The summed E-state index contributed by atoms with van der Waals surface area (Å²) in [7, 11) is 0. The van der Waals surface area contributed by atoms with E-state index >= 15 is 0 Å². The Morgan fingerprint density at radius 2 is 1.86 bits per heavy atom. The van der Waals surface area contributed by atoms with Crippen LogP contribution in [0.1, 0.15) is 51.5 Å². The fourth-order valence-corrected chi connectivity index (χ4v) is 3.79. The van der Waals surface area contributed by atoms with E-state index in [-0.39, 0.29) is 11.8 Å². The molecule has 1 aliphatic heterocycles. The molecule has 2 atom stereocenters. The molecule has 0 saturated carbocycles. The van der Waals surface area contributed by atoms with Gasteiger partial charge in [-0.2, -0.15) is 0 Å². The zero-order valence-corrected chi connectivity index (χ0v) is 14.1. The third kappa shape index (κ3) is 3.52. The van der Waals surface area contributed by atoms with Gasteiger partial charge in [0.25, 0.3) is 0 Å². The lowest BCUT2D eigenvalue weighted by Crippen LogP contribution is -2.48. The van der Waals surface area contributed by atoms with Crippen molar-refractivity contribution in [2.45, 2.75) is 51.4 Å². The summed E-state index contributed by atoms with van der Waals surface area (Å²) >= 11 is 0. The smallest absolute Gasteiger partial charge is 0.228 e. The minimum Gasteiger partial charge on any atom is -0.369 e. The maximum absolute atomic E-state index is 12.5. The van der Waals surface area contributed by atoms with Gasteiger partial charge in [-0.25, -0.2) is 0 Å². The van der Waals surface area contributed by atoms with E-state index in [4.69, 9.17) is 5.73 Å². The number of nitrogens with two attached hydrogens (primary N) is 1. The lowest BCUT2D eigenvalue weighted by Gasteiger charge is -2.39. The highest BCUT2D eigenvalue weighted by atomic mass is 16.1. The number of rotatable bonds is 7. The fraction of sp³-hybridized carbons (Fsp3) is 0.632. The molecule has 22 heavy (non-hydrogen) atoms. The highest BCUT2D eigenvalue weighted by molar-refractivity contribution is 5.87. The predicted octanol–water partition coefficient (Wildman–Crippen LogP) is 3.33. The Morgan fingerprint density at radius 3 is 2.41 bits per heavy atom. The van der Waals surface area contributed by atoms with Crippen molar-refractivity contribution in [2.24, 2.45) is 11.7 Å². The van der Waals surface area contributed by atoms with Crippen LogP contribution in [0.15, 0.2) is 30.3 Å². The molecular formula is C19H30N2O. The molecule has 3 heteroatoms. The number of hydrogen-bond donors (Lipinski definition) is 1. The van der Waals surface area contributed by atoms with E-state index in [9.17, 15) is 4.79 Å². The molecule has 1 saturated heterocycles. The van der Waals surface area contributed by atoms with Gasteiger partial charge in [-0.3, -0.25) is 4.79 Å². The van der Waals surface area contributed by atoms with E-state index in [2.05, 4.69) is 30.9 Å². The lowest BCUT2D eigenvalue weighted by atomic mass is 9.67. The van der Waals surface area contributed by atoms with Crippen molar-refractivity contribution in [3.8, 4) is 0 Å². The molecule has 3 nitrogen and oxygen atoms in total.